The third-order valence-corrected chi connectivity index (χ3v) is 3.85. The Bertz CT molecular complexity index is 733. The van der Waals surface area contributed by atoms with E-state index in [0.29, 0.717) is 5.75 Å². The van der Waals surface area contributed by atoms with Gasteiger partial charge in [0.15, 0.2) is 0 Å². The molecule has 1 aromatic rings. The van der Waals surface area contributed by atoms with Gasteiger partial charge in [-0.05, 0) is 42.7 Å². The number of phenols is 1. The van der Waals surface area contributed by atoms with E-state index in [9.17, 15) is 5.11 Å². The molecule has 0 bridgehead atoms. The number of phenolic OH excluding ortho intramolecular Hbond substituents is 1. The third-order valence-electron chi connectivity index (χ3n) is 3.85. The highest BCUT2D eigenvalue weighted by atomic mass is 16.3. The van der Waals surface area contributed by atoms with E-state index in [-0.39, 0.29) is 5.41 Å². The number of hydrogen-bond donors (Lipinski definition) is 1. The topological polar surface area (TPSA) is 20.2 Å². The Morgan fingerprint density at radius 1 is 1.09 bits per heavy atom. The first kappa shape index (κ1) is 16.9. The summed E-state index contributed by atoms with van der Waals surface area (Å²) in [4.78, 5) is 0. The third kappa shape index (κ3) is 5.02. The Kier molecular flexibility index (Phi) is 5.62. The number of allylic oxidation sites excluding steroid dienone is 9. The number of hydrogen-bond acceptors (Lipinski definition) is 1. The Morgan fingerprint density at radius 3 is 2.65 bits per heavy atom. The maximum Gasteiger partial charge on any atom is 0.119 e. The second-order valence-electron chi connectivity index (χ2n) is 6.34. The molecule has 0 fully saturated rings. The summed E-state index contributed by atoms with van der Waals surface area (Å²) < 4.78 is 0. The molecule has 23 heavy (non-hydrogen) atoms. The van der Waals surface area contributed by atoms with Crippen molar-refractivity contribution in [3.8, 4) is 5.75 Å². The van der Waals surface area contributed by atoms with Gasteiger partial charge in [0.1, 0.15) is 5.75 Å². The summed E-state index contributed by atoms with van der Waals surface area (Å²) in [6, 6.07) is 7.49. The molecular weight excluding hydrogens is 280 g/mol. The molecule has 1 heteroatoms. The molecule has 0 radical (unpaired) electrons. The van der Waals surface area contributed by atoms with E-state index in [1.165, 1.54) is 11.1 Å². The summed E-state index contributed by atoms with van der Waals surface area (Å²) in [5, 5.41) is 9.99. The van der Waals surface area contributed by atoms with Gasteiger partial charge in [0.25, 0.3) is 0 Å². The van der Waals surface area contributed by atoms with E-state index in [4.69, 9.17) is 0 Å². The normalized spacial score (nSPS) is 15.1. The summed E-state index contributed by atoms with van der Waals surface area (Å²) in [7, 11) is 0. The maximum absolute atomic E-state index is 9.99. The molecule has 118 valence electrons. The number of benzene rings is 1. The molecule has 0 unspecified atom stereocenters. The highest BCUT2D eigenvalue weighted by molar-refractivity contribution is 5.41. The molecule has 1 aliphatic rings. The van der Waals surface area contributed by atoms with Crippen molar-refractivity contribution in [3.63, 3.8) is 0 Å². The summed E-state index contributed by atoms with van der Waals surface area (Å²) >= 11 is 0. The predicted molar refractivity (Wildman–Crippen MR) is 98.5 cm³/mol. The van der Waals surface area contributed by atoms with E-state index < -0.39 is 0 Å². The standard InChI is InChI=1S/C22H24O/c1-18-10-9-12-19(16-15-18)11-5-4-8-17-22(2,3)20-13-6-7-14-21(20)23/h4-8,10,12-17,23H,11H2,1-3H3/b5-4-,17-8-. The minimum atomic E-state index is -0.209. The molecule has 0 aromatic heterocycles. The van der Waals surface area contributed by atoms with Crippen LogP contribution in [0, 0.1) is 0 Å². The lowest BCUT2D eigenvalue weighted by atomic mass is 9.83. The van der Waals surface area contributed by atoms with Gasteiger partial charge >= 0.3 is 0 Å². The van der Waals surface area contributed by atoms with Crippen LogP contribution in [-0.2, 0) is 5.41 Å². The fourth-order valence-electron chi connectivity index (χ4n) is 2.43. The Labute approximate surface area is 139 Å². The second-order valence-corrected chi connectivity index (χ2v) is 6.34. The largest absolute Gasteiger partial charge is 0.508 e. The molecule has 1 N–H and O–H groups in total. The molecule has 0 saturated heterocycles. The lowest BCUT2D eigenvalue weighted by Gasteiger charge is -2.21. The van der Waals surface area contributed by atoms with Gasteiger partial charge in [0, 0.05) is 11.0 Å². The van der Waals surface area contributed by atoms with Crippen LogP contribution in [0.5, 0.6) is 5.75 Å². The number of para-hydroxylation sites is 1. The lowest BCUT2D eigenvalue weighted by Crippen LogP contribution is -2.13. The van der Waals surface area contributed by atoms with Gasteiger partial charge in [-0.3, -0.25) is 0 Å². The van der Waals surface area contributed by atoms with Crippen LogP contribution in [0.4, 0.5) is 0 Å². The van der Waals surface area contributed by atoms with E-state index in [0.717, 1.165) is 12.0 Å². The number of rotatable bonds is 5. The monoisotopic (exact) mass is 304 g/mol. The van der Waals surface area contributed by atoms with Crippen LogP contribution in [-0.4, -0.2) is 5.11 Å². The van der Waals surface area contributed by atoms with Gasteiger partial charge in [0.05, 0.1) is 0 Å². The second kappa shape index (κ2) is 7.67. The number of aromatic hydroxyl groups is 1. The molecule has 1 nitrogen and oxygen atoms in total. The molecule has 0 spiro atoms. The lowest BCUT2D eigenvalue weighted by molar-refractivity contribution is 0.455. The quantitative estimate of drug-likeness (QED) is 0.541. The van der Waals surface area contributed by atoms with Crippen molar-refractivity contribution in [2.45, 2.75) is 32.6 Å². The Morgan fingerprint density at radius 2 is 1.87 bits per heavy atom. The van der Waals surface area contributed by atoms with Gasteiger partial charge < -0.3 is 5.11 Å². The van der Waals surface area contributed by atoms with Gasteiger partial charge in [-0.2, -0.15) is 0 Å². The maximum atomic E-state index is 9.99. The van der Waals surface area contributed by atoms with Crippen molar-refractivity contribution in [1.29, 1.82) is 0 Å². The molecule has 0 atom stereocenters. The first-order valence-corrected chi connectivity index (χ1v) is 7.92. The molecule has 0 amide bonds. The first-order chi connectivity index (χ1) is 11.0. The van der Waals surface area contributed by atoms with Crippen LogP contribution in [0.3, 0.4) is 0 Å². The van der Waals surface area contributed by atoms with Crippen LogP contribution in [0.25, 0.3) is 0 Å². The first-order valence-electron chi connectivity index (χ1n) is 7.92. The van der Waals surface area contributed by atoms with Crippen LogP contribution >= 0.6 is 0 Å². The fraction of sp³-hybridized carbons (Fsp3) is 0.227. The van der Waals surface area contributed by atoms with E-state index in [1.807, 2.05) is 36.4 Å². The van der Waals surface area contributed by atoms with Crippen LogP contribution in [0.15, 0.2) is 89.8 Å². The molecular formula is C22H24O. The zero-order valence-corrected chi connectivity index (χ0v) is 14.1. The molecule has 1 aromatic carbocycles. The van der Waals surface area contributed by atoms with Crippen molar-refractivity contribution in [1.82, 2.24) is 0 Å². The van der Waals surface area contributed by atoms with E-state index >= 15 is 0 Å². The SMILES string of the molecule is CC1=CC=C(C/C=C\C=C/C(C)(C)c2ccccc2O)C=C=C1. The minimum Gasteiger partial charge on any atom is -0.508 e. The van der Waals surface area contributed by atoms with E-state index in [2.05, 4.69) is 56.9 Å². The zero-order chi connectivity index (χ0) is 16.7. The van der Waals surface area contributed by atoms with Crippen molar-refractivity contribution in [2.24, 2.45) is 0 Å². The van der Waals surface area contributed by atoms with Gasteiger partial charge in [-0.25, -0.2) is 0 Å². The van der Waals surface area contributed by atoms with Crippen LogP contribution in [0.1, 0.15) is 32.8 Å². The molecule has 0 saturated carbocycles. The zero-order valence-electron chi connectivity index (χ0n) is 14.1. The van der Waals surface area contributed by atoms with Crippen molar-refractivity contribution < 1.29 is 5.11 Å². The van der Waals surface area contributed by atoms with Gasteiger partial charge in [0.2, 0.25) is 0 Å². The minimum absolute atomic E-state index is 0.209. The molecule has 2 rings (SSSR count). The smallest absolute Gasteiger partial charge is 0.119 e. The Hall–Kier alpha value is -2.50. The van der Waals surface area contributed by atoms with Crippen molar-refractivity contribution in [3.05, 3.63) is 95.3 Å². The summed E-state index contributed by atoms with van der Waals surface area (Å²) in [5.74, 6) is 0.342. The van der Waals surface area contributed by atoms with Crippen molar-refractivity contribution >= 4 is 0 Å². The predicted octanol–water partition coefficient (Wildman–Crippen LogP) is 5.77. The molecule has 0 aliphatic heterocycles. The van der Waals surface area contributed by atoms with Crippen molar-refractivity contribution in [2.75, 3.05) is 0 Å². The summed E-state index contributed by atoms with van der Waals surface area (Å²) in [5.41, 5.74) is 6.35. The summed E-state index contributed by atoms with van der Waals surface area (Å²) in [6.45, 7) is 6.27. The highest BCUT2D eigenvalue weighted by Gasteiger charge is 2.19. The summed E-state index contributed by atoms with van der Waals surface area (Å²) in [6.07, 6.45) is 17.5. The Balaban J connectivity index is 1.99. The van der Waals surface area contributed by atoms with E-state index in [1.54, 1.807) is 6.07 Å². The van der Waals surface area contributed by atoms with Crippen LogP contribution < -0.4 is 0 Å². The highest BCUT2D eigenvalue weighted by Crippen LogP contribution is 2.31. The van der Waals surface area contributed by atoms with Gasteiger partial charge in [-0.15, -0.1) is 5.73 Å². The fourth-order valence-corrected chi connectivity index (χ4v) is 2.43. The average molecular weight is 304 g/mol. The average Bonchev–Trinajstić information content (AvgIpc) is 2.72. The van der Waals surface area contributed by atoms with Crippen LogP contribution in [0.2, 0.25) is 0 Å². The molecule has 0 heterocycles. The van der Waals surface area contributed by atoms with Gasteiger partial charge in [-0.1, -0.05) is 68.5 Å². The molecule has 1 aliphatic carbocycles.